The zero-order valence-electron chi connectivity index (χ0n) is 15.2. The number of nitrogens with zero attached hydrogens (tertiary/aromatic N) is 2. The lowest BCUT2D eigenvalue weighted by Gasteiger charge is -2.32. The van der Waals surface area contributed by atoms with E-state index in [4.69, 9.17) is 18.9 Å². The molecule has 3 heterocycles. The lowest BCUT2D eigenvalue weighted by Crippen LogP contribution is -2.45. The van der Waals surface area contributed by atoms with Crippen LogP contribution in [0.1, 0.15) is 18.4 Å². The maximum atomic E-state index is 6.47. The number of fused-ring (bicyclic) bond motifs is 1. The smallest absolute Gasteiger partial charge is 0.231 e. The molecule has 3 aliphatic heterocycles. The molecule has 2 atom stereocenters. The molecule has 0 aliphatic carbocycles. The van der Waals surface area contributed by atoms with Crippen LogP contribution in [-0.4, -0.2) is 75.2 Å². The van der Waals surface area contributed by atoms with Gasteiger partial charge in [-0.25, -0.2) is 0 Å². The summed E-state index contributed by atoms with van der Waals surface area (Å²) in [6.45, 7) is 5.49. The summed E-state index contributed by atoms with van der Waals surface area (Å²) >= 11 is 0. The first-order chi connectivity index (χ1) is 12.1. The van der Waals surface area contributed by atoms with Gasteiger partial charge in [-0.2, -0.15) is 0 Å². The Labute approximate surface area is 149 Å². The molecule has 1 aromatic carbocycles. The Hall–Kier alpha value is -1.34. The Bertz CT molecular complexity index is 609. The molecule has 0 amide bonds. The fourth-order valence-electron chi connectivity index (χ4n) is 4.07. The highest BCUT2D eigenvalue weighted by atomic mass is 16.7. The number of hydrogen-bond donors (Lipinski definition) is 0. The Kier molecular flexibility index (Phi) is 4.86. The number of ether oxygens (including phenoxy) is 4. The normalized spacial score (nSPS) is 29.5. The van der Waals surface area contributed by atoms with E-state index >= 15 is 0 Å². The van der Waals surface area contributed by atoms with Crippen LogP contribution in [0.4, 0.5) is 0 Å². The van der Waals surface area contributed by atoms with Crippen LogP contribution in [0.3, 0.4) is 0 Å². The van der Waals surface area contributed by atoms with E-state index in [1.807, 2.05) is 6.07 Å². The minimum absolute atomic E-state index is 0.159. The second-order valence-electron chi connectivity index (χ2n) is 7.67. The van der Waals surface area contributed by atoms with Gasteiger partial charge in [0.1, 0.15) is 5.60 Å². The van der Waals surface area contributed by atoms with E-state index in [9.17, 15) is 0 Å². The summed E-state index contributed by atoms with van der Waals surface area (Å²) in [5.74, 6) is 1.69. The molecule has 0 unspecified atom stereocenters. The highest BCUT2D eigenvalue weighted by Crippen LogP contribution is 2.35. The van der Waals surface area contributed by atoms with Gasteiger partial charge in [0, 0.05) is 26.2 Å². The predicted molar refractivity (Wildman–Crippen MR) is 94.1 cm³/mol. The van der Waals surface area contributed by atoms with Gasteiger partial charge in [-0.1, -0.05) is 6.07 Å². The van der Waals surface area contributed by atoms with Crippen LogP contribution in [0.15, 0.2) is 18.2 Å². The molecule has 4 rings (SSSR count). The average molecular weight is 348 g/mol. The van der Waals surface area contributed by atoms with Gasteiger partial charge >= 0.3 is 0 Å². The summed E-state index contributed by atoms with van der Waals surface area (Å²) in [5.41, 5.74) is 1.08. The molecule has 2 saturated heterocycles. The van der Waals surface area contributed by atoms with Gasteiger partial charge in [-0.15, -0.1) is 0 Å². The van der Waals surface area contributed by atoms with Crippen molar-refractivity contribution in [3.63, 3.8) is 0 Å². The van der Waals surface area contributed by atoms with E-state index in [0.717, 1.165) is 57.1 Å². The maximum Gasteiger partial charge on any atom is 0.231 e. The van der Waals surface area contributed by atoms with Crippen molar-refractivity contribution in [2.24, 2.45) is 0 Å². The van der Waals surface area contributed by atoms with E-state index < -0.39 is 0 Å². The molecule has 0 radical (unpaired) electrons. The molecular formula is C19H28N2O4. The van der Waals surface area contributed by atoms with Crippen molar-refractivity contribution in [2.75, 3.05) is 53.7 Å². The van der Waals surface area contributed by atoms with Gasteiger partial charge in [0.2, 0.25) is 6.79 Å². The van der Waals surface area contributed by atoms with Crippen molar-refractivity contribution < 1.29 is 18.9 Å². The quantitative estimate of drug-likeness (QED) is 0.826. The van der Waals surface area contributed by atoms with Crippen LogP contribution < -0.4 is 9.47 Å². The standard InChI is InChI=1S/C19H28N2O4/c1-20(2)11-16-5-6-19(25-16)12-21(7-8-22-13-19)10-15-3-4-17-18(9-15)24-14-23-17/h3-4,9,16H,5-8,10-14H2,1-2H3/t16-,19-/m0/s1. The zero-order valence-corrected chi connectivity index (χ0v) is 15.2. The van der Waals surface area contributed by atoms with Crippen LogP contribution in [0.2, 0.25) is 0 Å². The molecule has 1 spiro atoms. The summed E-state index contributed by atoms with van der Waals surface area (Å²) in [6, 6.07) is 6.21. The molecule has 0 N–H and O–H groups in total. The maximum absolute atomic E-state index is 6.47. The average Bonchev–Trinajstić information content (AvgIpc) is 3.12. The summed E-state index contributed by atoms with van der Waals surface area (Å²) in [6.07, 6.45) is 2.49. The topological polar surface area (TPSA) is 43.4 Å². The summed E-state index contributed by atoms with van der Waals surface area (Å²) in [5, 5.41) is 0. The van der Waals surface area contributed by atoms with Crippen molar-refractivity contribution in [1.82, 2.24) is 9.80 Å². The lowest BCUT2D eigenvalue weighted by atomic mass is 9.99. The molecule has 1 aromatic rings. The second kappa shape index (κ2) is 7.11. The number of hydrogen-bond acceptors (Lipinski definition) is 6. The monoisotopic (exact) mass is 348 g/mol. The molecule has 25 heavy (non-hydrogen) atoms. The van der Waals surface area contributed by atoms with Crippen molar-refractivity contribution in [3.05, 3.63) is 23.8 Å². The third-order valence-corrected chi connectivity index (χ3v) is 5.18. The van der Waals surface area contributed by atoms with Crippen LogP contribution in [-0.2, 0) is 16.0 Å². The van der Waals surface area contributed by atoms with E-state index in [2.05, 4.69) is 36.0 Å². The molecule has 0 saturated carbocycles. The Morgan fingerprint density at radius 2 is 2.12 bits per heavy atom. The molecule has 6 nitrogen and oxygen atoms in total. The first-order valence-electron chi connectivity index (χ1n) is 9.13. The molecule has 0 aromatic heterocycles. The molecule has 2 fully saturated rings. The van der Waals surface area contributed by atoms with Gasteiger partial charge in [-0.3, -0.25) is 4.90 Å². The highest BCUT2D eigenvalue weighted by molar-refractivity contribution is 5.44. The van der Waals surface area contributed by atoms with Crippen molar-refractivity contribution in [3.8, 4) is 11.5 Å². The lowest BCUT2D eigenvalue weighted by molar-refractivity contribution is -0.0902. The fraction of sp³-hybridized carbons (Fsp3) is 0.684. The van der Waals surface area contributed by atoms with E-state index in [0.29, 0.717) is 19.5 Å². The van der Waals surface area contributed by atoms with Gasteiger partial charge < -0.3 is 23.8 Å². The third-order valence-electron chi connectivity index (χ3n) is 5.18. The van der Waals surface area contributed by atoms with Gasteiger partial charge in [-0.05, 0) is 44.6 Å². The van der Waals surface area contributed by atoms with E-state index in [-0.39, 0.29) is 5.60 Å². The SMILES string of the molecule is CN(C)C[C@@H]1CC[C@]2(COCCN(Cc3ccc4c(c3)OCO4)C2)O1. The van der Waals surface area contributed by atoms with Crippen molar-refractivity contribution >= 4 is 0 Å². The minimum atomic E-state index is -0.159. The van der Waals surface area contributed by atoms with Crippen molar-refractivity contribution in [1.29, 1.82) is 0 Å². The predicted octanol–water partition coefficient (Wildman–Crippen LogP) is 1.73. The van der Waals surface area contributed by atoms with E-state index in [1.165, 1.54) is 5.56 Å². The highest BCUT2D eigenvalue weighted by Gasteiger charge is 2.43. The first-order valence-corrected chi connectivity index (χ1v) is 9.13. The summed E-state index contributed by atoms with van der Waals surface area (Å²) < 4.78 is 23.3. The van der Waals surface area contributed by atoms with Gasteiger partial charge in [0.15, 0.2) is 11.5 Å². The largest absolute Gasteiger partial charge is 0.454 e. The zero-order chi connectivity index (χ0) is 17.3. The Morgan fingerprint density at radius 1 is 1.24 bits per heavy atom. The molecule has 0 bridgehead atoms. The summed E-state index contributed by atoms with van der Waals surface area (Å²) in [4.78, 5) is 4.65. The fourth-order valence-corrected chi connectivity index (χ4v) is 4.07. The van der Waals surface area contributed by atoms with Gasteiger partial charge in [0.25, 0.3) is 0 Å². The number of benzene rings is 1. The van der Waals surface area contributed by atoms with Crippen LogP contribution >= 0.6 is 0 Å². The first kappa shape index (κ1) is 17.1. The molecular weight excluding hydrogens is 320 g/mol. The second-order valence-corrected chi connectivity index (χ2v) is 7.67. The van der Waals surface area contributed by atoms with Gasteiger partial charge in [0.05, 0.1) is 19.3 Å². The molecule has 3 aliphatic rings. The third kappa shape index (κ3) is 3.92. The van der Waals surface area contributed by atoms with Crippen LogP contribution in [0.25, 0.3) is 0 Å². The van der Waals surface area contributed by atoms with Crippen LogP contribution in [0.5, 0.6) is 11.5 Å². The Morgan fingerprint density at radius 3 is 3.00 bits per heavy atom. The van der Waals surface area contributed by atoms with Crippen molar-refractivity contribution in [2.45, 2.75) is 31.1 Å². The number of likely N-dealkylation sites (N-methyl/N-ethyl adjacent to an activating group) is 1. The van der Waals surface area contributed by atoms with Crippen LogP contribution in [0, 0.1) is 0 Å². The molecule has 138 valence electrons. The molecule has 6 heteroatoms. The minimum Gasteiger partial charge on any atom is -0.454 e. The van der Waals surface area contributed by atoms with E-state index in [1.54, 1.807) is 0 Å². The number of rotatable bonds is 4. The Balaban J connectivity index is 1.42. The summed E-state index contributed by atoms with van der Waals surface area (Å²) in [7, 11) is 4.20.